The molecule has 1 aliphatic heterocycles. The largest absolute Gasteiger partial charge is 0.478 e. The molecule has 2 rings (SSSR count). The Labute approximate surface area is 105 Å². The van der Waals surface area contributed by atoms with E-state index in [1.54, 1.807) is 18.2 Å². The van der Waals surface area contributed by atoms with Crippen molar-refractivity contribution in [3.63, 3.8) is 0 Å². The molecule has 1 N–H and O–H groups in total. The number of carboxylic acids is 1. The number of anilines is 1. The van der Waals surface area contributed by atoms with Crippen molar-refractivity contribution in [2.45, 2.75) is 13.0 Å². The minimum absolute atomic E-state index is 0.136. The second-order valence-electron chi connectivity index (χ2n) is 4.10. The van der Waals surface area contributed by atoms with Gasteiger partial charge >= 0.3 is 5.97 Å². The summed E-state index contributed by atoms with van der Waals surface area (Å²) in [6.07, 6.45) is 0.182. The van der Waals surface area contributed by atoms with Gasteiger partial charge in [0.05, 0.1) is 23.3 Å². The molecular formula is C12H14ClNO3. The summed E-state index contributed by atoms with van der Waals surface area (Å²) in [4.78, 5) is 13.0. The summed E-state index contributed by atoms with van der Waals surface area (Å²) in [5.41, 5.74) is 1.08. The summed E-state index contributed by atoms with van der Waals surface area (Å²) in [5.74, 6) is -1.00. The number of rotatable bonds is 2. The number of carbonyl (C=O) groups is 1. The number of ether oxygens (including phenoxy) is 1. The van der Waals surface area contributed by atoms with E-state index in [2.05, 4.69) is 4.90 Å². The molecule has 0 aliphatic carbocycles. The number of benzene rings is 1. The van der Waals surface area contributed by atoms with E-state index in [1.165, 1.54) is 0 Å². The second-order valence-corrected chi connectivity index (χ2v) is 4.50. The fraction of sp³-hybridized carbons (Fsp3) is 0.417. The van der Waals surface area contributed by atoms with Gasteiger partial charge < -0.3 is 14.7 Å². The highest BCUT2D eigenvalue weighted by molar-refractivity contribution is 6.33. The average molecular weight is 256 g/mol. The zero-order chi connectivity index (χ0) is 12.4. The molecule has 0 aromatic heterocycles. The molecule has 1 aliphatic rings. The Bertz CT molecular complexity index is 436. The van der Waals surface area contributed by atoms with Gasteiger partial charge in [-0.3, -0.25) is 0 Å². The maximum Gasteiger partial charge on any atom is 0.337 e. The number of halogens is 1. The molecule has 1 atom stereocenters. The van der Waals surface area contributed by atoms with Crippen LogP contribution in [0, 0.1) is 0 Å². The first-order chi connectivity index (χ1) is 8.08. The van der Waals surface area contributed by atoms with Crippen molar-refractivity contribution in [3.05, 3.63) is 28.8 Å². The fourth-order valence-electron chi connectivity index (χ4n) is 1.93. The van der Waals surface area contributed by atoms with Crippen molar-refractivity contribution in [1.29, 1.82) is 0 Å². The average Bonchev–Trinajstić information content (AvgIpc) is 2.28. The highest BCUT2D eigenvalue weighted by Gasteiger charge is 2.18. The molecule has 1 saturated heterocycles. The second kappa shape index (κ2) is 4.94. The molecule has 5 heteroatoms. The van der Waals surface area contributed by atoms with E-state index in [1.807, 2.05) is 6.92 Å². The van der Waals surface area contributed by atoms with Crippen LogP contribution in [0.25, 0.3) is 0 Å². The third kappa shape index (κ3) is 2.70. The van der Waals surface area contributed by atoms with Crippen LogP contribution < -0.4 is 4.90 Å². The van der Waals surface area contributed by atoms with Crippen LogP contribution in [-0.2, 0) is 4.74 Å². The number of morpholine rings is 1. The van der Waals surface area contributed by atoms with Crippen molar-refractivity contribution >= 4 is 23.3 Å². The Morgan fingerprint density at radius 1 is 1.59 bits per heavy atom. The van der Waals surface area contributed by atoms with Gasteiger partial charge in [0.1, 0.15) is 0 Å². The lowest BCUT2D eigenvalue weighted by Gasteiger charge is -2.33. The van der Waals surface area contributed by atoms with E-state index < -0.39 is 5.97 Å². The van der Waals surface area contributed by atoms with Gasteiger partial charge in [-0.2, -0.15) is 0 Å². The van der Waals surface area contributed by atoms with Crippen molar-refractivity contribution in [2.24, 2.45) is 0 Å². The van der Waals surface area contributed by atoms with Crippen LogP contribution in [0.3, 0.4) is 0 Å². The first-order valence-corrected chi connectivity index (χ1v) is 5.85. The molecule has 0 radical (unpaired) electrons. The Balaban J connectivity index is 2.22. The van der Waals surface area contributed by atoms with Crippen LogP contribution in [-0.4, -0.2) is 36.9 Å². The molecular weight excluding hydrogens is 242 g/mol. The summed E-state index contributed by atoms with van der Waals surface area (Å²) in [6.45, 7) is 4.29. The predicted molar refractivity (Wildman–Crippen MR) is 66.0 cm³/mol. The van der Waals surface area contributed by atoms with Crippen LogP contribution in [0.5, 0.6) is 0 Å². The lowest BCUT2D eigenvalue weighted by atomic mass is 10.1. The summed E-state index contributed by atoms with van der Waals surface area (Å²) >= 11 is 5.94. The number of hydrogen-bond donors (Lipinski definition) is 1. The molecule has 1 aromatic rings. The maximum atomic E-state index is 10.8. The molecule has 0 amide bonds. The predicted octanol–water partition coefficient (Wildman–Crippen LogP) is 2.26. The van der Waals surface area contributed by atoms with Gasteiger partial charge in [-0.15, -0.1) is 0 Å². The van der Waals surface area contributed by atoms with E-state index in [0.29, 0.717) is 6.61 Å². The smallest absolute Gasteiger partial charge is 0.337 e. The van der Waals surface area contributed by atoms with Crippen molar-refractivity contribution in [1.82, 2.24) is 0 Å². The fourth-order valence-corrected chi connectivity index (χ4v) is 2.18. The Morgan fingerprint density at radius 2 is 2.35 bits per heavy atom. The van der Waals surface area contributed by atoms with E-state index in [-0.39, 0.29) is 16.7 Å². The summed E-state index contributed by atoms with van der Waals surface area (Å²) < 4.78 is 5.45. The minimum Gasteiger partial charge on any atom is -0.478 e. The lowest BCUT2D eigenvalue weighted by Crippen LogP contribution is -2.41. The molecule has 1 unspecified atom stereocenters. The monoisotopic (exact) mass is 255 g/mol. The van der Waals surface area contributed by atoms with Gasteiger partial charge in [0.15, 0.2) is 0 Å². The van der Waals surface area contributed by atoms with Gasteiger partial charge in [0.25, 0.3) is 0 Å². The molecule has 0 saturated carbocycles. The number of aromatic carboxylic acids is 1. The van der Waals surface area contributed by atoms with Crippen molar-refractivity contribution < 1.29 is 14.6 Å². The van der Waals surface area contributed by atoms with E-state index in [0.717, 1.165) is 18.8 Å². The van der Waals surface area contributed by atoms with Crippen molar-refractivity contribution in [2.75, 3.05) is 24.6 Å². The quantitative estimate of drug-likeness (QED) is 0.881. The first kappa shape index (κ1) is 12.2. The third-order valence-corrected chi connectivity index (χ3v) is 3.10. The normalized spacial score (nSPS) is 20.4. The van der Waals surface area contributed by atoms with E-state index in [4.69, 9.17) is 21.4 Å². The number of hydrogen-bond acceptors (Lipinski definition) is 3. The standard InChI is InChI=1S/C12H14ClNO3/c1-8-7-14(4-5-17-8)9-2-3-10(12(15)16)11(13)6-9/h2-3,6,8H,4-5,7H2,1H3,(H,15,16). The number of nitrogens with zero attached hydrogens (tertiary/aromatic N) is 1. The maximum absolute atomic E-state index is 10.8. The van der Waals surface area contributed by atoms with Crippen LogP contribution in [0.15, 0.2) is 18.2 Å². The molecule has 0 spiro atoms. The molecule has 92 valence electrons. The lowest BCUT2D eigenvalue weighted by molar-refractivity contribution is 0.0532. The topological polar surface area (TPSA) is 49.8 Å². The van der Waals surface area contributed by atoms with Gasteiger partial charge in [-0.05, 0) is 25.1 Å². The number of carboxylic acid groups (broad SMARTS) is 1. The van der Waals surface area contributed by atoms with E-state index >= 15 is 0 Å². The highest BCUT2D eigenvalue weighted by atomic mass is 35.5. The minimum atomic E-state index is -1.00. The Kier molecular flexibility index (Phi) is 3.54. The van der Waals surface area contributed by atoms with Gasteiger partial charge in [0, 0.05) is 18.8 Å². The zero-order valence-electron chi connectivity index (χ0n) is 9.52. The summed E-state index contributed by atoms with van der Waals surface area (Å²) in [7, 11) is 0. The van der Waals surface area contributed by atoms with Gasteiger partial charge in [0.2, 0.25) is 0 Å². The Morgan fingerprint density at radius 3 is 2.94 bits per heavy atom. The molecule has 4 nitrogen and oxygen atoms in total. The Hall–Kier alpha value is -1.26. The molecule has 1 heterocycles. The molecule has 1 fully saturated rings. The SMILES string of the molecule is CC1CN(c2ccc(C(=O)O)c(Cl)c2)CCO1. The molecule has 0 bridgehead atoms. The van der Waals surface area contributed by atoms with Crippen molar-refractivity contribution in [3.8, 4) is 0 Å². The van der Waals surface area contributed by atoms with E-state index in [9.17, 15) is 4.79 Å². The van der Waals surface area contributed by atoms with Crippen LogP contribution >= 0.6 is 11.6 Å². The van der Waals surface area contributed by atoms with Gasteiger partial charge in [-0.25, -0.2) is 4.79 Å². The molecule has 17 heavy (non-hydrogen) atoms. The summed E-state index contributed by atoms with van der Waals surface area (Å²) in [5, 5.41) is 9.16. The zero-order valence-corrected chi connectivity index (χ0v) is 10.3. The van der Waals surface area contributed by atoms with Crippen LogP contribution in [0.4, 0.5) is 5.69 Å². The van der Waals surface area contributed by atoms with Crippen LogP contribution in [0.1, 0.15) is 17.3 Å². The summed E-state index contributed by atoms with van der Waals surface area (Å²) in [6, 6.07) is 5.02. The van der Waals surface area contributed by atoms with Crippen LogP contribution in [0.2, 0.25) is 5.02 Å². The van der Waals surface area contributed by atoms with Gasteiger partial charge in [-0.1, -0.05) is 11.6 Å². The molecule has 1 aromatic carbocycles. The third-order valence-electron chi connectivity index (χ3n) is 2.79. The highest BCUT2D eigenvalue weighted by Crippen LogP contribution is 2.25. The first-order valence-electron chi connectivity index (χ1n) is 5.47.